The molecule has 27 heavy (non-hydrogen) atoms. The first-order valence-electron chi connectivity index (χ1n) is 8.87. The molecule has 0 aliphatic heterocycles. The van der Waals surface area contributed by atoms with Gasteiger partial charge in [-0.25, -0.2) is 9.50 Å². The minimum absolute atomic E-state index is 0.00942. The molecular formula is C19H22N6O2. The Morgan fingerprint density at radius 2 is 2.07 bits per heavy atom. The molecule has 3 heterocycles. The van der Waals surface area contributed by atoms with Crippen molar-refractivity contribution in [2.45, 2.75) is 38.8 Å². The average Bonchev–Trinajstić information content (AvgIpc) is 3.18. The summed E-state index contributed by atoms with van der Waals surface area (Å²) in [7, 11) is 1.87. The lowest BCUT2D eigenvalue weighted by Crippen LogP contribution is -2.49. The van der Waals surface area contributed by atoms with Gasteiger partial charge in [-0.1, -0.05) is 6.58 Å². The van der Waals surface area contributed by atoms with E-state index in [1.54, 1.807) is 28.5 Å². The predicted molar refractivity (Wildman–Crippen MR) is 100 cm³/mol. The molecule has 3 aromatic heterocycles. The Morgan fingerprint density at radius 1 is 1.30 bits per heavy atom. The molecule has 1 saturated carbocycles. The zero-order chi connectivity index (χ0) is 19.1. The third kappa shape index (κ3) is 3.30. The van der Waals surface area contributed by atoms with Crippen LogP contribution < -0.4 is 10.1 Å². The summed E-state index contributed by atoms with van der Waals surface area (Å²) in [6.07, 6.45) is 8.85. The van der Waals surface area contributed by atoms with Crippen LogP contribution in [0.4, 0.5) is 0 Å². The van der Waals surface area contributed by atoms with Crippen LogP contribution in [0.3, 0.4) is 0 Å². The van der Waals surface area contributed by atoms with E-state index in [-0.39, 0.29) is 18.1 Å². The van der Waals surface area contributed by atoms with Crippen LogP contribution in [0.25, 0.3) is 16.8 Å². The van der Waals surface area contributed by atoms with Crippen LogP contribution in [-0.2, 0) is 11.8 Å². The van der Waals surface area contributed by atoms with Crippen LogP contribution in [0.1, 0.15) is 25.3 Å². The van der Waals surface area contributed by atoms with Gasteiger partial charge in [0.05, 0.1) is 24.3 Å². The first-order chi connectivity index (χ1) is 12.9. The quantitative estimate of drug-likeness (QED) is 0.699. The summed E-state index contributed by atoms with van der Waals surface area (Å²) >= 11 is 0. The molecular weight excluding hydrogens is 344 g/mol. The molecule has 8 nitrogen and oxygen atoms in total. The summed E-state index contributed by atoms with van der Waals surface area (Å²) in [6, 6.07) is 0.114. The fourth-order valence-electron chi connectivity index (χ4n) is 3.14. The number of aromatic nitrogens is 5. The monoisotopic (exact) mass is 366 g/mol. The predicted octanol–water partition coefficient (Wildman–Crippen LogP) is 2.04. The van der Waals surface area contributed by atoms with Crippen molar-refractivity contribution in [2.24, 2.45) is 7.05 Å². The van der Waals surface area contributed by atoms with Crippen molar-refractivity contribution in [3.05, 3.63) is 42.5 Å². The molecule has 3 aromatic rings. The van der Waals surface area contributed by atoms with Crippen LogP contribution in [-0.4, -0.2) is 42.4 Å². The molecule has 0 saturated heterocycles. The van der Waals surface area contributed by atoms with Gasteiger partial charge in [0.15, 0.2) is 0 Å². The number of amides is 1. The van der Waals surface area contributed by atoms with Gasteiger partial charge in [0.25, 0.3) is 0 Å². The van der Waals surface area contributed by atoms with Crippen molar-refractivity contribution in [2.75, 3.05) is 0 Å². The highest BCUT2D eigenvalue weighted by molar-refractivity contribution is 5.92. The molecule has 140 valence electrons. The molecule has 0 bridgehead atoms. The minimum atomic E-state index is -0.107. The van der Waals surface area contributed by atoms with E-state index in [2.05, 4.69) is 22.1 Å². The number of hydrogen-bond donors (Lipinski definition) is 1. The summed E-state index contributed by atoms with van der Waals surface area (Å²) in [6.45, 7) is 7.35. The molecule has 0 aromatic carbocycles. The fourth-order valence-corrected chi connectivity index (χ4v) is 3.14. The first kappa shape index (κ1) is 17.3. The maximum Gasteiger partial charge on any atom is 0.246 e. The Hall–Kier alpha value is -3.16. The zero-order valence-electron chi connectivity index (χ0n) is 15.6. The SMILES string of the molecule is C=C(C)C(=O)N[C@H]1C[C@H](Oc2nc(-c3cnn(C)c3)cn3ncc(C)c23)C1. The summed E-state index contributed by atoms with van der Waals surface area (Å²) < 4.78 is 9.69. The lowest BCUT2D eigenvalue weighted by atomic mass is 9.89. The van der Waals surface area contributed by atoms with Crippen LogP contribution in [0, 0.1) is 6.92 Å². The smallest absolute Gasteiger partial charge is 0.246 e. The van der Waals surface area contributed by atoms with Gasteiger partial charge in [0, 0.05) is 48.8 Å². The van der Waals surface area contributed by atoms with Crippen LogP contribution in [0.15, 0.2) is 36.9 Å². The van der Waals surface area contributed by atoms with Crippen molar-refractivity contribution >= 4 is 11.4 Å². The van der Waals surface area contributed by atoms with Crippen LogP contribution >= 0.6 is 0 Å². The highest BCUT2D eigenvalue weighted by Gasteiger charge is 2.33. The third-order valence-electron chi connectivity index (χ3n) is 4.74. The fraction of sp³-hybridized carbons (Fsp3) is 0.368. The highest BCUT2D eigenvalue weighted by Crippen LogP contribution is 2.31. The van der Waals surface area contributed by atoms with Crippen molar-refractivity contribution in [3.8, 4) is 17.1 Å². The molecule has 1 N–H and O–H groups in total. The zero-order valence-corrected chi connectivity index (χ0v) is 15.6. The molecule has 1 fully saturated rings. The minimum Gasteiger partial charge on any atom is -0.473 e. The molecule has 0 radical (unpaired) electrons. The van der Waals surface area contributed by atoms with E-state index in [0.717, 1.165) is 35.2 Å². The third-order valence-corrected chi connectivity index (χ3v) is 4.74. The van der Waals surface area contributed by atoms with Crippen molar-refractivity contribution in [3.63, 3.8) is 0 Å². The molecule has 8 heteroatoms. The number of ether oxygens (including phenoxy) is 1. The second-order valence-electron chi connectivity index (χ2n) is 7.12. The second kappa shape index (κ2) is 6.53. The largest absolute Gasteiger partial charge is 0.473 e. The summed E-state index contributed by atoms with van der Waals surface area (Å²) in [4.78, 5) is 16.4. The number of carbonyl (C=O) groups excluding carboxylic acids is 1. The Morgan fingerprint density at radius 3 is 2.74 bits per heavy atom. The number of nitrogens with zero attached hydrogens (tertiary/aromatic N) is 5. The molecule has 4 rings (SSSR count). The van der Waals surface area contributed by atoms with E-state index in [1.165, 1.54) is 0 Å². The standard InChI is InChI=1S/C19H22N6O2/c1-11(2)18(26)22-14-5-15(6-14)27-19-17-12(3)7-21-25(17)10-16(23-19)13-8-20-24(4)9-13/h7-10,14-15H,1,5-6H2,2-4H3,(H,22,26)/t14-,15-. The van der Waals surface area contributed by atoms with Crippen molar-refractivity contribution in [1.29, 1.82) is 0 Å². The lowest BCUT2D eigenvalue weighted by Gasteiger charge is -2.35. The molecule has 1 aliphatic carbocycles. The van der Waals surface area contributed by atoms with Crippen molar-refractivity contribution < 1.29 is 9.53 Å². The Bertz CT molecular complexity index is 1030. The molecule has 1 aliphatic rings. The molecule has 1 amide bonds. The van der Waals surface area contributed by atoms with E-state index in [0.29, 0.717) is 11.5 Å². The van der Waals surface area contributed by atoms with E-state index < -0.39 is 0 Å². The number of carbonyl (C=O) groups is 1. The maximum atomic E-state index is 11.7. The number of hydrogen-bond acceptors (Lipinski definition) is 5. The number of nitrogens with one attached hydrogen (secondary N) is 1. The Kier molecular flexibility index (Phi) is 4.18. The number of rotatable bonds is 5. The lowest BCUT2D eigenvalue weighted by molar-refractivity contribution is -0.119. The van der Waals surface area contributed by atoms with E-state index >= 15 is 0 Å². The van der Waals surface area contributed by atoms with E-state index in [1.807, 2.05) is 26.4 Å². The normalized spacial score (nSPS) is 18.9. The summed E-state index contributed by atoms with van der Waals surface area (Å²) in [5, 5.41) is 11.6. The van der Waals surface area contributed by atoms with Gasteiger partial charge in [0.2, 0.25) is 11.8 Å². The van der Waals surface area contributed by atoms with Gasteiger partial charge in [-0.15, -0.1) is 0 Å². The van der Waals surface area contributed by atoms with Gasteiger partial charge < -0.3 is 10.1 Å². The van der Waals surface area contributed by atoms with E-state index in [4.69, 9.17) is 9.72 Å². The van der Waals surface area contributed by atoms with Gasteiger partial charge in [0.1, 0.15) is 11.6 Å². The van der Waals surface area contributed by atoms with Crippen LogP contribution in [0.2, 0.25) is 0 Å². The highest BCUT2D eigenvalue weighted by atomic mass is 16.5. The second-order valence-corrected chi connectivity index (χ2v) is 7.12. The molecule has 0 atom stereocenters. The maximum absolute atomic E-state index is 11.7. The van der Waals surface area contributed by atoms with Gasteiger partial charge in [-0.05, 0) is 13.8 Å². The average molecular weight is 366 g/mol. The summed E-state index contributed by atoms with van der Waals surface area (Å²) in [5.41, 5.74) is 4.03. The molecule has 0 spiro atoms. The topological polar surface area (TPSA) is 86.3 Å². The summed E-state index contributed by atoms with van der Waals surface area (Å²) in [5.74, 6) is 0.449. The number of fused-ring (bicyclic) bond motifs is 1. The van der Waals surface area contributed by atoms with Gasteiger partial charge in [-0.3, -0.25) is 9.48 Å². The van der Waals surface area contributed by atoms with Gasteiger partial charge in [-0.2, -0.15) is 10.2 Å². The Balaban J connectivity index is 1.55. The van der Waals surface area contributed by atoms with Gasteiger partial charge >= 0.3 is 0 Å². The first-order valence-corrected chi connectivity index (χ1v) is 8.87. The number of aryl methyl sites for hydroxylation is 2. The van der Waals surface area contributed by atoms with Crippen molar-refractivity contribution in [1.82, 2.24) is 29.7 Å². The Labute approximate surface area is 156 Å². The molecule has 0 unspecified atom stereocenters. The van der Waals surface area contributed by atoms with E-state index in [9.17, 15) is 4.79 Å². The van der Waals surface area contributed by atoms with Crippen LogP contribution in [0.5, 0.6) is 5.88 Å².